The first kappa shape index (κ1) is 18.9. The lowest BCUT2D eigenvalue weighted by Crippen LogP contribution is -2.47. The van der Waals surface area contributed by atoms with E-state index in [1.165, 1.54) is 50.7 Å². The molecule has 0 radical (unpaired) electrons. The average Bonchev–Trinajstić information content (AvgIpc) is 3.00. The maximum atomic E-state index is 13.3. The summed E-state index contributed by atoms with van der Waals surface area (Å²) in [6.45, 7) is 3.05. The zero-order chi connectivity index (χ0) is 19.3. The summed E-state index contributed by atoms with van der Waals surface area (Å²) in [5, 5.41) is 10.5. The molecule has 0 atom stereocenters. The van der Waals surface area contributed by atoms with Gasteiger partial charge in [-0.1, -0.05) is 29.4 Å². The Morgan fingerprint density at radius 2 is 1.82 bits per heavy atom. The summed E-state index contributed by atoms with van der Waals surface area (Å²) < 4.78 is 15.5. The molecular formula is C22H27ClFN3S. The zero-order valence-corrected chi connectivity index (χ0v) is 17.9. The highest BCUT2D eigenvalue weighted by Gasteiger charge is 2.51. The minimum absolute atomic E-state index is 0.298. The van der Waals surface area contributed by atoms with Gasteiger partial charge in [0.05, 0.1) is 0 Å². The predicted molar refractivity (Wildman–Crippen MR) is 111 cm³/mol. The largest absolute Gasteiger partial charge is 0.306 e. The highest BCUT2D eigenvalue weighted by atomic mass is 35.5. The molecule has 2 aromatic rings. The second kappa shape index (κ2) is 7.32. The molecule has 4 bridgehead atoms. The van der Waals surface area contributed by atoms with Crippen LogP contribution in [0.5, 0.6) is 0 Å². The number of hydrogen-bond donors (Lipinski definition) is 0. The van der Waals surface area contributed by atoms with Gasteiger partial charge >= 0.3 is 0 Å². The van der Waals surface area contributed by atoms with Crippen LogP contribution < -0.4 is 0 Å². The first-order chi connectivity index (χ1) is 13.5. The first-order valence-electron chi connectivity index (χ1n) is 10.5. The average molecular weight is 420 g/mol. The summed E-state index contributed by atoms with van der Waals surface area (Å²) in [6, 6.07) is 4.60. The van der Waals surface area contributed by atoms with Crippen molar-refractivity contribution in [3.05, 3.63) is 40.4 Å². The van der Waals surface area contributed by atoms with Crippen molar-refractivity contribution in [1.82, 2.24) is 14.8 Å². The Labute approximate surface area is 175 Å². The highest BCUT2D eigenvalue weighted by molar-refractivity contribution is 7.98. The van der Waals surface area contributed by atoms with Gasteiger partial charge in [0.2, 0.25) is 0 Å². The summed E-state index contributed by atoms with van der Waals surface area (Å²) >= 11 is 7.82. The second-order valence-corrected chi connectivity index (χ2v) is 10.6. The Hall–Kier alpha value is -1.07. The molecule has 0 amide bonds. The molecule has 4 fully saturated rings. The Bertz CT molecular complexity index is 845. The fourth-order valence-electron chi connectivity index (χ4n) is 6.50. The van der Waals surface area contributed by atoms with Crippen LogP contribution in [-0.4, -0.2) is 14.8 Å². The van der Waals surface area contributed by atoms with Gasteiger partial charge in [-0.05, 0) is 86.3 Å². The van der Waals surface area contributed by atoms with E-state index in [0.29, 0.717) is 16.2 Å². The minimum atomic E-state index is -0.298. The number of halogens is 2. The minimum Gasteiger partial charge on any atom is -0.306 e. The monoisotopic (exact) mass is 419 g/mol. The van der Waals surface area contributed by atoms with Crippen LogP contribution in [0, 0.1) is 29.0 Å². The number of nitrogens with zero attached hydrogens (tertiary/aromatic N) is 3. The highest BCUT2D eigenvalue weighted by Crippen LogP contribution is 2.61. The third kappa shape index (κ3) is 3.49. The Balaban J connectivity index is 1.32. The molecule has 0 saturated heterocycles. The van der Waals surface area contributed by atoms with Crippen molar-refractivity contribution in [1.29, 1.82) is 0 Å². The van der Waals surface area contributed by atoms with Gasteiger partial charge in [-0.2, -0.15) is 0 Å². The third-order valence-corrected chi connectivity index (χ3v) is 8.55. The lowest BCUT2D eigenvalue weighted by molar-refractivity contribution is -0.0536. The molecule has 4 aliphatic carbocycles. The van der Waals surface area contributed by atoms with Crippen LogP contribution in [0.15, 0.2) is 23.4 Å². The van der Waals surface area contributed by atoms with E-state index >= 15 is 0 Å². The van der Waals surface area contributed by atoms with Crippen LogP contribution in [-0.2, 0) is 18.7 Å². The van der Waals surface area contributed by atoms with Gasteiger partial charge in [0, 0.05) is 23.7 Å². The molecule has 4 aliphatic rings. The van der Waals surface area contributed by atoms with Crippen molar-refractivity contribution in [2.45, 2.75) is 69.3 Å². The van der Waals surface area contributed by atoms with Crippen LogP contribution in [0.4, 0.5) is 4.39 Å². The fourth-order valence-corrected chi connectivity index (χ4v) is 7.84. The lowest BCUT2D eigenvalue weighted by Gasteiger charge is -2.56. The van der Waals surface area contributed by atoms with E-state index in [9.17, 15) is 4.39 Å². The normalized spacial score (nSPS) is 30.9. The number of rotatable bonds is 6. The van der Waals surface area contributed by atoms with Crippen molar-refractivity contribution >= 4 is 23.4 Å². The van der Waals surface area contributed by atoms with Crippen LogP contribution in [0.25, 0.3) is 0 Å². The van der Waals surface area contributed by atoms with Gasteiger partial charge in [0.15, 0.2) is 5.16 Å². The molecule has 1 heterocycles. The molecule has 1 aromatic carbocycles. The standard InChI is InChI=1S/C22H27ClFN3S/c1-2-27-20(12-22-9-14-5-15(10-22)7-16(6-14)11-22)25-26-21(27)28-13-17-3-4-18(24)8-19(17)23/h3-4,8,14-16H,2,5-7,9-13H2,1H3. The molecule has 1 aromatic heterocycles. The number of benzene rings is 1. The predicted octanol–water partition coefficient (Wildman–Crippen LogP) is 6.14. The van der Waals surface area contributed by atoms with E-state index < -0.39 is 0 Å². The van der Waals surface area contributed by atoms with Crippen LogP contribution in [0.2, 0.25) is 5.02 Å². The molecule has 4 saturated carbocycles. The van der Waals surface area contributed by atoms with Gasteiger partial charge in [0.1, 0.15) is 11.6 Å². The zero-order valence-electron chi connectivity index (χ0n) is 16.3. The van der Waals surface area contributed by atoms with Crippen LogP contribution in [0.3, 0.4) is 0 Å². The van der Waals surface area contributed by atoms with Crippen molar-refractivity contribution < 1.29 is 4.39 Å². The van der Waals surface area contributed by atoms with E-state index in [0.717, 1.165) is 47.3 Å². The lowest BCUT2D eigenvalue weighted by atomic mass is 9.49. The molecule has 6 rings (SSSR count). The SMILES string of the molecule is CCn1c(CC23CC4CC(CC(C4)C2)C3)nnc1SCc1ccc(F)cc1Cl. The maximum Gasteiger partial charge on any atom is 0.191 e. The Kier molecular flexibility index (Phi) is 4.95. The maximum absolute atomic E-state index is 13.3. The Morgan fingerprint density at radius 3 is 2.43 bits per heavy atom. The van der Waals surface area contributed by atoms with Gasteiger partial charge in [-0.25, -0.2) is 4.39 Å². The number of thioether (sulfide) groups is 1. The molecular weight excluding hydrogens is 393 g/mol. The van der Waals surface area contributed by atoms with E-state index in [1.807, 2.05) is 0 Å². The van der Waals surface area contributed by atoms with Gasteiger partial charge < -0.3 is 4.57 Å². The summed E-state index contributed by atoms with van der Waals surface area (Å²) in [7, 11) is 0. The third-order valence-electron chi connectivity index (χ3n) is 7.18. The topological polar surface area (TPSA) is 30.7 Å². The van der Waals surface area contributed by atoms with E-state index in [1.54, 1.807) is 17.8 Å². The molecule has 3 nitrogen and oxygen atoms in total. The summed E-state index contributed by atoms with van der Waals surface area (Å²) in [5.41, 5.74) is 1.40. The fraction of sp³-hybridized carbons (Fsp3) is 0.636. The second-order valence-electron chi connectivity index (χ2n) is 9.26. The van der Waals surface area contributed by atoms with Gasteiger partial charge in [0.25, 0.3) is 0 Å². The number of aromatic nitrogens is 3. The van der Waals surface area contributed by atoms with Crippen LogP contribution >= 0.6 is 23.4 Å². The Morgan fingerprint density at radius 1 is 1.14 bits per heavy atom. The molecule has 28 heavy (non-hydrogen) atoms. The molecule has 0 aliphatic heterocycles. The summed E-state index contributed by atoms with van der Waals surface area (Å²) in [4.78, 5) is 0. The van der Waals surface area contributed by atoms with Crippen LogP contribution in [0.1, 0.15) is 56.8 Å². The molecule has 150 valence electrons. The van der Waals surface area contributed by atoms with Crippen molar-refractivity contribution in [2.75, 3.05) is 0 Å². The van der Waals surface area contributed by atoms with Crippen molar-refractivity contribution in [2.24, 2.45) is 23.2 Å². The number of hydrogen-bond acceptors (Lipinski definition) is 3. The molecule has 0 N–H and O–H groups in total. The van der Waals surface area contributed by atoms with E-state index in [-0.39, 0.29) is 5.82 Å². The van der Waals surface area contributed by atoms with Gasteiger partial charge in [-0.3, -0.25) is 0 Å². The van der Waals surface area contributed by atoms with Crippen molar-refractivity contribution in [3.8, 4) is 0 Å². The van der Waals surface area contributed by atoms with E-state index in [4.69, 9.17) is 11.6 Å². The van der Waals surface area contributed by atoms with Gasteiger partial charge in [-0.15, -0.1) is 10.2 Å². The molecule has 0 unspecified atom stereocenters. The van der Waals surface area contributed by atoms with Crippen molar-refractivity contribution in [3.63, 3.8) is 0 Å². The molecule has 0 spiro atoms. The quantitative estimate of drug-likeness (QED) is 0.526. The smallest absolute Gasteiger partial charge is 0.191 e. The first-order valence-corrected chi connectivity index (χ1v) is 11.9. The summed E-state index contributed by atoms with van der Waals surface area (Å²) in [6.07, 6.45) is 9.67. The molecule has 6 heteroatoms. The summed E-state index contributed by atoms with van der Waals surface area (Å²) in [5.74, 6) is 4.40. The van der Waals surface area contributed by atoms with E-state index in [2.05, 4.69) is 21.7 Å².